The topological polar surface area (TPSA) is 42.8 Å². The molecule has 0 fully saturated rings. The van der Waals surface area contributed by atoms with Crippen molar-refractivity contribution in [3.05, 3.63) is 53.1 Å². The molecule has 0 radical (unpaired) electrons. The van der Waals surface area contributed by atoms with Crippen LogP contribution in [0.2, 0.25) is 0 Å². The van der Waals surface area contributed by atoms with Crippen LogP contribution in [0.5, 0.6) is 11.5 Å². The van der Waals surface area contributed by atoms with Gasteiger partial charge in [-0.15, -0.1) is 0 Å². The second kappa shape index (κ2) is 7.68. The Hall–Kier alpha value is -2.49. The summed E-state index contributed by atoms with van der Waals surface area (Å²) in [5.41, 5.74) is 7.46. The van der Waals surface area contributed by atoms with Gasteiger partial charge in [0.25, 0.3) is 0 Å². The lowest BCUT2D eigenvalue weighted by molar-refractivity contribution is 0.230. The predicted octanol–water partition coefficient (Wildman–Crippen LogP) is 4.55. The van der Waals surface area contributed by atoms with E-state index in [0.29, 0.717) is 5.75 Å². The number of aryl methyl sites for hydroxylation is 2. The molecule has 0 aliphatic carbocycles. The second-order valence-electron chi connectivity index (χ2n) is 5.75. The molecule has 2 aromatic rings. The summed E-state index contributed by atoms with van der Waals surface area (Å²) < 4.78 is 11.1. The molecule has 23 heavy (non-hydrogen) atoms. The van der Waals surface area contributed by atoms with Crippen LogP contribution < -0.4 is 14.9 Å². The first kappa shape index (κ1) is 16.9. The summed E-state index contributed by atoms with van der Waals surface area (Å²) in [7, 11) is 1.64. The van der Waals surface area contributed by atoms with Crippen molar-refractivity contribution < 1.29 is 9.47 Å². The zero-order valence-corrected chi connectivity index (χ0v) is 14.4. The zero-order chi connectivity index (χ0) is 16.8. The first-order valence-electron chi connectivity index (χ1n) is 7.70. The molecule has 0 saturated carbocycles. The van der Waals surface area contributed by atoms with Gasteiger partial charge >= 0.3 is 0 Å². The summed E-state index contributed by atoms with van der Waals surface area (Å²) in [6.45, 7) is 8.16. The average Bonchev–Trinajstić information content (AvgIpc) is 2.51. The zero-order valence-electron chi connectivity index (χ0n) is 14.4. The fourth-order valence-corrected chi connectivity index (χ4v) is 2.11. The van der Waals surface area contributed by atoms with Crippen molar-refractivity contribution in [3.8, 4) is 11.5 Å². The fraction of sp³-hybridized carbons (Fsp3) is 0.316. The average molecular weight is 312 g/mol. The molecule has 4 heteroatoms. The molecule has 0 saturated heterocycles. The molecule has 0 amide bonds. The molecule has 0 heterocycles. The normalized spacial score (nSPS) is 11.0. The van der Waals surface area contributed by atoms with E-state index in [-0.39, 0.29) is 6.10 Å². The number of nitrogens with one attached hydrogen (secondary N) is 1. The van der Waals surface area contributed by atoms with E-state index in [9.17, 15) is 0 Å². The highest BCUT2D eigenvalue weighted by molar-refractivity contribution is 5.81. The molecule has 0 aromatic heterocycles. The fourth-order valence-electron chi connectivity index (χ4n) is 2.11. The molecule has 2 rings (SSSR count). The van der Waals surface area contributed by atoms with Crippen LogP contribution in [-0.4, -0.2) is 19.4 Å². The van der Waals surface area contributed by atoms with Gasteiger partial charge in [0.15, 0.2) is 11.5 Å². The number of anilines is 1. The maximum absolute atomic E-state index is 5.70. The van der Waals surface area contributed by atoms with Crippen molar-refractivity contribution in [3.63, 3.8) is 0 Å². The monoisotopic (exact) mass is 312 g/mol. The van der Waals surface area contributed by atoms with Crippen LogP contribution >= 0.6 is 0 Å². The Kier molecular flexibility index (Phi) is 5.63. The van der Waals surface area contributed by atoms with Crippen molar-refractivity contribution in [1.82, 2.24) is 0 Å². The van der Waals surface area contributed by atoms with Gasteiger partial charge in [-0.3, -0.25) is 5.43 Å². The molecule has 0 aliphatic heterocycles. The SMILES string of the molecule is COc1cc(/C=N/Nc2ccc(C)c(C)c2)ccc1OC(C)C. The van der Waals surface area contributed by atoms with Crippen molar-refractivity contribution in [1.29, 1.82) is 0 Å². The Morgan fingerprint density at radius 1 is 1.00 bits per heavy atom. The molecule has 0 aliphatic rings. The van der Waals surface area contributed by atoms with Gasteiger partial charge in [-0.25, -0.2) is 0 Å². The lowest BCUT2D eigenvalue weighted by Crippen LogP contribution is -2.06. The van der Waals surface area contributed by atoms with E-state index in [1.54, 1.807) is 13.3 Å². The van der Waals surface area contributed by atoms with Gasteiger partial charge < -0.3 is 9.47 Å². The minimum absolute atomic E-state index is 0.106. The third-order valence-electron chi connectivity index (χ3n) is 3.46. The summed E-state index contributed by atoms with van der Waals surface area (Å²) in [5.74, 6) is 1.44. The number of hydrogen-bond donors (Lipinski definition) is 1. The van der Waals surface area contributed by atoms with Crippen LogP contribution in [0.4, 0.5) is 5.69 Å². The summed E-state index contributed by atoms with van der Waals surface area (Å²) in [6, 6.07) is 11.9. The van der Waals surface area contributed by atoms with E-state index >= 15 is 0 Å². The number of hydrazone groups is 1. The molecule has 4 nitrogen and oxygen atoms in total. The summed E-state index contributed by atoms with van der Waals surface area (Å²) in [5, 5.41) is 4.28. The lowest BCUT2D eigenvalue weighted by atomic mass is 10.1. The van der Waals surface area contributed by atoms with E-state index in [0.717, 1.165) is 17.0 Å². The number of methoxy groups -OCH3 is 1. The number of ether oxygens (including phenoxy) is 2. The molecular weight excluding hydrogens is 288 g/mol. The van der Waals surface area contributed by atoms with Crippen LogP contribution in [0.25, 0.3) is 0 Å². The van der Waals surface area contributed by atoms with E-state index in [4.69, 9.17) is 9.47 Å². The van der Waals surface area contributed by atoms with Gasteiger partial charge in [0.05, 0.1) is 25.1 Å². The molecule has 122 valence electrons. The van der Waals surface area contributed by atoms with Gasteiger partial charge in [-0.2, -0.15) is 5.10 Å². The third-order valence-corrected chi connectivity index (χ3v) is 3.46. The van der Waals surface area contributed by atoms with E-state index in [1.807, 2.05) is 38.1 Å². The summed E-state index contributed by atoms with van der Waals surface area (Å²) >= 11 is 0. The molecule has 0 atom stereocenters. The van der Waals surface area contributed by atoms with Crippen molar-refractivity contribution >= 4 is 11.9 Å². The van der Waals surface area contributed by atoms with E-state index < -0.39 is 0 Å². The molecule has 1 N–H and O–H groups in total. The standard InChI is InChI=1S/C19H24N2O2/c1-13(2)23-18-9-7-16(11-19(18)22-5)12-20-21-17-8-6-14(3)15(4)10-17/h6-13,21H,1-5H3/b20-12+. The minimum atomic E-state index is 0.106. The van der Waals surface area contributed by atoms with E-state index in [2.05, 4.69) is 36.5 Å². The quantitative estimate of drug-likeness (QED) is 0.629. The number of hydrogen-bond acceptors (Lipinski definition) is 4. The molecule has 0 unspecified atom stereocenters. The molecular formula is C19H24N2O2. The summed E-state index contributed by atoms with van der Waals surface area (Å²) in [6.07, 6.45) is 1.87. The Balaban J connectivity index is 2.08. The van der Waals surface area contributed by atoms with Gasteiger partial charge in [0, 0.05) is 0 Å². The van der Waals surface area contributed by atoms with Crippen LogP contribution in [0.15, 0.2) is 41.5 Å². The van der Waals surface area contributed by atoms with Crippen LogP contribution in [0.1, 0.15) is 30.5 Å². The highest BCUT2D eigenvalue weighted by Gasteiger charge is 2.06. The maximum atomic E-state index is 5.70. The van der Waals surface area contributed by atoms with Crippen LogP contribution in [-0.2, 0) is 0 Å². The number of rotatable bonds is 6. The molecule has 0 spiro atoms. The van der Waals surface area contributed by atoms with Crippen molar-refractivity contribution in [2.45, 2.75) is 33.8 Å². The van der Waals surface area contributed by atoms with Crippen LogP contribution in [0, 0.1) is 13.8 Å². The summed E-state index contributed by atoms with van der Waals surface area (Å²) in [4.78, 5) is 0. The Labute approximate surface area is 138 Å². The van der Waals surface area contributed by atoms with Crippen molar-refractivity contribution in [2.24, 2.45) is 5.10 Å². The lowest BCUT2D eigenvalue weighted by Gasteiger charge is -2.13. The van der Waals surface area contributed by atoms with Crippen molar-refractivity contribution in [2.75, 3.05) is 12.5 Å². The largest absolute Gasteiger partial charge is 0.493 e. The molecule has 2 aromatic carbocycles. The second-order valence-corrected chi connectivity index (χ2v) is 5.75. The Morgan fingerprint density at radius 3 is 2.43 bits per heavy atom. The van der Waals surface area contributed by atoms with Crippen LogP contribution in [0.3, 0.4) is 0 Å². The minimum Gasteiger partial charge on any atom is -0.493 e. The Bertz CT molecular complexity index is 694. The first-order valence-corrected chi connectivity index (χ1v) is 7.70. The van der Waals surface area contributed by atoms with Gasteiger partial charge in [0.1, 0.15) is 0 Å². The smallest absolute Gasteiger partial charge is 0.161 e. The Morgan fingerprint density at radius 2 is 1.78 bits per heavy atom. The first-order chi connectivity index (χ1) is 11.0. The van der Waals surface area contributed by atoms with Gasteiger partial charge in [-0.1, -0.05) is 6.07 Å². The van der Waals surface area contributed by atoms with E-state index in [1.165, 1.54) is 11.1 Å². The predicted molar refractivity (Wildman–Crippen MR) is 95.9 cm³/mol. The highest BCUT2D eigenvalue weighted by atomic mass is 16.5. The third kappa shape index (κ3) is 4.74. The number of benzene rings is 2. The van der Waals surface area contributed by atoms with Gasteiger partial charge in [0.2, 0.25) is 0 Å². The van der Waals surface area contributed by atoms with Gasteiger partial charge in [-0.05, 0) is 74.7 Å². The maximum Gasteiger partial charge on any atom is 0.161 e. The molecule has 0 bridgehead atoms. The highest BCUT2D eigenvalue weighted by Crippen LogP contribution is 2.28. The number of nitrogens with zero attached hydrogens (tertiary/aromatic N) is 1.